The van der Waals surface area contributed by atoms with Crippen molar-refractivity contribution in [2.24, 2.45) is 0 Å². The van der Waals surface area contributed by atoms with Gasteiger partial charge in [-0.2, -0.15) is 0 Å². The average Bonchev–Trinajstić information content (AvgIpc) is 2.67. The lowest BCUT2D eigenvalue weighted by Gasteiger charge is -2.19. The van der Waals surface area contributed by atoms with Gasteiger partial charge in [0.2, 0.25) is 0 Å². The zero-order valence-corrected chi connectivity index (χ0v) is 16.6. The maximum absolute atomic E-state index is 10.6. The zero-order chi connectivity index (χ0) is 19.4. The number of methoxy groups -OCH3 is 1. The number of hydrogen-bond donors (Lipinski definition) is 1. The van der Waals surface area contributed by atoms with Gasteiger partial charge in [-0.15, -0.1) is 0 Å². The lowest BCUT2D eigenvalue weighted by atomic mass is 10.0. The molecule has 3 aromatic carbocycles. The number of benzene rings is 3. The number of fused-ring (bicyclic) bond motifs is 1. The minimum Gasteiger partial charge on any atom is -0.507 e. The highest BCUT2D eigenvalue weighted by Crippen LogP contribution is 2.35. The van der Waals surface area contributed by atoms with Gasteiger partial charge in [0, 0.05) is 34.4 Å². The number of hydrogen-bond acceptors (Lipinski definition) is 4. The van der Waals surface area contributed by atoms with Gasteiger partial charge in [0.1, 0.15) is 5.75 Å². The van der Waals surface area contributed by atoms with E-state index in [9.17, 15) is 5.11 Å². The van der Waals surface area contributed by atoms with Crippen molar-refractivity contribution in [2.75, 3.05) is 20.8 Å². The van der Waals surface area contributed by atoms with Crippen LogP contribution < -0.4 is 9.47 Å². The Labute approximate surface area is 164 Å². The Kier molecular flexibility index (Phi) is 6.09. The second-order valence-corrected chi connectivity index (χ2v) is 6.91. The molecule has 0 heterocycles. The first-order valence-corrected chi connectivity index (χ1v) is 9.28. The summed E-state index contributed by atoms with van der Waals surface area (Å²) in [7, 11) is 3.64. The van der Waals surface area contributed by atoms with Crippen molar-refractivity contribution in [1.82, 2.24) is 4.90 Å². The summed E-state index contributed by atoms with van der Waals surface area (Å²) in [6.07, 6.45) is 0. The van der Waals surface area contributed by atoms with E-state index < -0.39 is 0 Å². The number of nitrogens with zero attached hydrogens (tertiary/aromatic N) is 1. The van der Waals surface area contributed by atoms with E-state index >= 15 is 0 Å². The van der Waals surface area contributed by atoms with E-state index in [1.54, 1.807) is 7.11 Å². The molecule has 1 N–H and O–H groups in total. The second kappa shape index (κ2) is 8.51. The Morgan fingerprint density at radius 3 is 2.44 bits per heavy atom. The van der Waals surface area contributed by atoms with Crippen molar-refractivity contribution in [3.8, 4) is 17.2 Å². The Bertz CT molecular complexity index is 942. The average molecular weight is 386 g/mol. The SMILES string of the molecule is CCOc1ccc(CN(C)Cc2cc(Cl)c3ccccc3c2O)cc1OC. The highest BCUT2D eigenvalue weighted by molar-refractivity contribution is 6.35. The van der Waals surface area contributed by atoms with Crippen LogP contribution in [-0.2, 0) is 13.1 Å². The molecule has 3 aromatic rings. The summed E-state index contributed by atoms with van der Waals surface area (Å²) >= 11 is 6.40. The van der Waals surface area contributed by atoms with Gasteiger partial charge in [0.05, 0.1) is 13.7 Å². The van der Waals surface area contributed by atoms with Crippen LogP contribution in [0.15, 0.2) is 48.5 Å². The fraction of sp³-hybridized carbons (Fsp3) is 0.273. The first-order valence-electron chi connectivity index (χ1n) is 8.90. The van der Waals surface area contributed by atoms with Gasteiger partial charge < -0.3 is 14.6 Å². The third kappa shape index (κ3) is 4.29. The molecule has 0 bridgehead atoms. The first-order chi connectivity index (χ1) is 13.0. The maximum atomic E-state index is 10.6. The fourth-order valence-corrected chi connectivity index (χ4v) is 3.53. The summed E-state index contributed by atoms with van der Waals surface area (Å²) in [4.78, 5) is 2.12. The van der Waals surface area contributed by atoms with Gasteiger partial charge in [0.15, 0.2) is 11.5 Å². The molecule has 0 atom stereocenters. The molecule has 0 aromatic heterocycles. The van der Waals surface area contributed by atoms with Crippen LogP contribution >= 0.6 is 11.6 Å². The fourth-order valence-electron chi connectivity index (χ4n) is 3.23. The van der Waals surface area contributed by atoms with Crippen LogP contribution in [0.1, 0.15) is 18.1 Å². The molecule has 0 fully saturated rings. The van der Waals surface area contributed by atoms with Crippen molar-refractivity contribution in [3.63, 3.8) is 0 Å². The molecule has 142 valence electrons. The van der Waals surface area contributed by atoms with Crippen LogP contribution in [0.3, 0.4) is 0 Å². The molecule has 0 saturated carbocycles. The predicted octanol–water partition coefficient (Wildman–Crippen LogP) is 5.24. The molecule has 0 amide bonds. The molecular weight excluding hydrogens is 362 g/mol. The summed E-state index contributed by atoms with van der Waals surface area (Å²) < 4.78 is 11.0. The number of halogens is 1. The van der Waals surface area contributed by atoms with Crippen LogP contribution in [0.5, 0.6) is 17.2 Å². The highest BCUT2D eigenvalue weighted by Gasteiger charge is 2.13. The molecule has 27 heavy (non-hydrogen) atoms. The molecule has 0 unspecified atom stereocenters. The minimum absolute atomic E-state index is 0.283. The number of aromatic hydroxyl groups is 1. The minimum atomic E-state index is 0.283. The van der Waals surface area contributed by atoms with Crippen LogP contribution in [0.4, 0.5) is 0 Å². The first kappa shape index (κ1) is 19.3. The number of phenols is 1. The van der Waals surface area contributed by atoms with Crippen LogP contribution in [0.25, 0.3) is 10.8 Å². The van der Waals surface area contributed by atoms with Crippen molar-refractivity contribution in [2.45, 2.75) is 20.0 Å². The maximum Gasteiger partial charge on any atom is 0.161 e. The van der Waals surface area contributed by atoms with E-state index in [1.165, 1.54) is 0 Å². The molecule has 4 nitrogen and oxygen atoms in total. The summed E-state index contributed by atoms with van der Waals surface area (Å²) in [6.45, 7) is 3.82. The smallest absolute Gasteiger partial charge is 0.161 e. The number of phenolic OH excluding ortho intramolecular Hbond substituents is 1. The molecule has 0 spiro atoms. The normalized spacial score (nSPS) is 11.1. The third-order valence-corrected chi connectivity index (χ3v) is 4.78. The number of ether oxygens (including phenoxy) is 2. The van der Waals surface area contributed by atoms with Crippen LogP contribution in [-0.4, -0.2) is 30.8 Å². The van der Waals surface area contributed by atoms with Crippen LogP contribution in [0.2, 0.25) is 5.02 Å². The van der Waals surface area contributed by atoms with Crippen molar-refractivity contribution in [3.05, 3.63) is 64.7 Å². The van der Waals surface area contributed by atoms with E-state index in [0.29, 0.717) is 24.7 Å². The van der Waals surface area contributed by atoms with Gasteiger partial charge in [-0.05, 0) is 37.7 Å². The van der Waals surface area contributed by atoms with E-state index in [4.69, 9.17) is 21.1 Å². The lowest BCUT2D eigenvalue weighted by molar-refractivity contribution is 0.303. The molecule has 0 radical (unpaired) electrons. The topological polar surface area (TPSA) is 41.9 Å². The van der Waals surface area contributed by atoms with E-state index in [2.05, 4.69) is 4.90 Å². The van der Waals surface area contributed by atoms with Gasteiger partial charge >= 0.3 is 0 Å². The summed E-state index contributed by atoms with van der Waals surface area (Å²) in [5, 5.41) is 12.9. The summed E-state index contributed by atoms with van der Waals surface area (Å²) in [5.41, 5.74) is 1.91. The Morgan fingerprint density at radius 1 is 1.00 bits per heavy atom. The van der Waals surface area contributed by atoms with Crippen molar-refractivity contribution < 1.29 is 14.6 Å². The largest absolute Gasteiger partial charge is 0.507 e. The molecule has 0 aliphatic rings. The second-order valence-electron chi connectivity index (χ2n) is 6.50. The highest BCUT2D eigenvalue weighted by atomic mass is 35.5. The molecular formula is C22H24ClNO3. The predicted molar refractivity (Wildman–Crippen MR) is 110 cm³/mol. The van der Waals surface area contributed by atoms with Crippen LogP contribution in [0, 0.1) is 0 Å². The van der Waals surface area contributed by atoms with Gasteiger partial charge in [-0.3, -0.25) is 4.90 Å². The monoisotopic (exact) mass is 385 g/mol. The lowest BCUT2D eigenvalue weighted by Crippen LogP contribution is -2.17. The molecule has 0 saturated heterocycles. The number of rotatable bonds is 7. The molecule has 3 rings (SSSR count). The zero-order valence-electron chi connectivity index (χ0n) is 15.8. The Balaban J connectivity index is 1.79. The van der Waals surface area contributed by atoms with Crippen molar-refractivity contribution >= 4 is 22.4 Å². The van der Waals surface area contributed by atoms with E-state index in [0.717, 1.165) is 33.4 Å². The van der Waals surface area contributed by atoms with Gasteiger partial charge in [0.25, 0.3) is 0 Å². The standard InChI is InChI=1S/C22H24ClNO3/c1-4-27-20-10-9-15(11-21(20)26-3)13-24(2)14-16-12-19(23)17-7-5-6-8-18(17)22(16)25/h5-12,25H,4,13-14H2,1-3H3. The Morgan fingerprint density at radius 2 is 1.74 bits per heavy atom. The summed E-state index contributed by atoms with van der Waals surface area (Å²) in [5.74, 6) is 1.75. The quantitative estimate of drug-likeness (QED) is 0.604. The Hall–Kier alpha value is -2.43. The van der Waals surface area contributed by atoms with Gasteiger partial charge in [-0.25, -0.2) is 0 Å². The molecule has 0 aliphatic carbocycles. The van der Waals surface area contributed by atoms with Crippen molar-refractivity contribution in [1.29, 1.82) is 0 Å². The summed E-state index contributed by atoms with van der Waals surface area (Å²) in [6, 6.07) is 15.4. The molecule has 5 heteroatoms. The van der Waals surface area contributed by atoms with Gasteiger partial charge in [-0.1, -0.05) is 41.9 Å². The van der Waals surface area contributed by atoms with E-state index in [-0.39, 0.29) is 5.75 Å². The molecule has 0 aliphatic heterocycles. The van der Waals surface area contributed by atoms with E-state index in [1.807, 2.05) is 62.5 Å². The third-order valence-electron chi connectivity index (χ3n) is 4.47.